The Morgan fingerprint density at radius 2 is 1.81 bits per heavy atom. The Hall–Kier alpha value is -2.07. The highest BCUT2D eigenvalue weighted by Gasteiger charge is 2.33. The van der Waals surface area contributed by atoms with Gasteiger partial charge in [0.25, 0.3) is 5.69 Å². The molecule has 26 heavy (non-hydrogen) atoms. The Labute approximate surface area is 156 Å². The summed E-state index contributed by atoms with van der Waals surface area (Å²) in [5, 5.41) is 11.6. The average Bonchev–Trinajstić information content (AvgIpc) is 2.64. The predicted molar refractivity (Wildman–Crippen MR) is 96.4 cm³/mol. The summed E-state index contributed by atoms with van der Waals surface area (Å²) in [6.07, 6.45) is 1.61. The molecule has 2 heterocycles. The van der Waals surface area contributed by atoms with E-state index in [1.165, 1.54) is 28.6 Å². The second-order valence-corrected chi connectivity index (χ2v) is 8.12. The van der Waals surface area contributed by atoms with Crippen molar-refractivity contribution in [3.8, 4) is 0 Å². The number of hydrogen-bond acceptors (Lipinski definition) is 6. The van der Waals surface area contributed by atoms with Gasteiger partial charge < -0.3 is 0 Å². The quantitative estimate of drug-likeness (QED) is 0.436. The van der Waals surface area contributed by atoms with E-state index in [1.807, 2.05) is 6.07 Å². The molecule has 3 rings (SSSR count). The number of para-hydroxylation sites is 1. The summed E-state index contributed by atoms with van der Waals surface area (Å²) in [6.45, 7) is 2.10. The van der Waals surface area contributed by atoms with E-state index in [1.54, 1.807) is 12.3 Å². The fraction of sp³-hybridized carbons (Fsp3) is 0.312. The molecule has 0 spiro atoms. The minimum absolute atomic E-state index is 0.256. The molecular weight excluding hydrogens is 380 g/mol. The van der Waals surface area contributed by atoms with Crippen molar-refractivity contribution < 1.29 is 13.3 Å². The highest BCUT2D eigenvalue weighted by atomic mass is 35.5. The summed E-state index contributed by atoms with van der Waals surface area (Å²) < 4.78 is 26.9. The zero-order chi connectivity index (χ0) is 18.7. The zero-order valence-electron chi connectivity index (χ0n) is 13.8. The van der Waals surface area contributed by atoms with Crippen LogP contribution in [0.2, 0.25) is 5.15 Å². The van der Waals surface area contributed by atoms with Gasteiger partial charge >= 0.3 is 0 Å². The molecule has 0 aliphatic carbocycles. The molecule has 0 N–H and O–H groups in total. The fourth-order valence-electron chi connectivity index (χ4n) is 2.87. The second-order valence-electron chi connectivity index (χ2n) is 5.86. The maximum atomic E-state index is 12.8. The third-order valence-electron chi connectivity index (χ3n) is 4.24. The number of pyridine rings is 1. The van der Waals surface area contributed by atoms with Crippen molar-refractivity contribution >= 4 is 27.3 Å². The van der Waals surface area contributed by atoms with Crippen molar-refractivity contribution in [3.63, 3.8) is 0 Å². The van der Waals surface area contributed by atoms with E-state index >= 15 is 0 Å². The van der Waals surface area contributed by atoms with Gasteiger partial charge in [-0.3, -0.25) is 15.0 Å². The maximum Gasteiger partial charge on any atom is 0.289 e. The van der Waals surface area contributed by atoms with Crippen LogP contribution in [0.15, 0.2) is 47.5 Å². The molecule has 8 nitrogen and oxygen atoms in total. The van der Waals surface area contributed by atoms with Gasteiger partial charge in [-0.15, -0.1) is 0 Å². The number of rotatable bonds is 5. The first-order valence-corrected chi connectivity index (χ1v) is 9.76. The molecule has 1 fully saturated rings. The number of nitro groups is 1. The largest absolute Gasteiger partial charge is 0.296 e. The molecule has 10 heteroatoms. The van der Waals surface area contributed by atoms with Gasteiger partial charge in [0, 0.05) is 50.6 Å². The molecule has 0 atom stereocenters. The summed E-state index contributed by atoms with van der Waals surface area (Å²) in [5.74, 6) is 0. The molecule has 0 unspecified atom stereocenters. The van der Waals surface area contributed by atoms with Gasteiger partial charge in [-0.2, -0.15) is 4.31 Å². The highest BCUT2D eigenvalue weighted by molar-refractivity contribution is 7.89. The zero-order valence-corrected chi connectivity index (χ0v) is 15.4. The lowest BCUT2D eigenvalue weighted by molar-refractivity contribution is -0.387. The van der Waals surface area contributed by atoms with Crippen molar-refractivity contribution in [1.29, 1.82) is 0 Å². The van der Waals surface area contributed by atoms with E-state index in [9.17, 15) is 18.5 Å². The molecule has 1 saturated heterocycles. The molecular formula is C16H17ClN4O4S. The number of nitro benzene ring substituents is 1. The van der Waals surface area contributed by atoms with Crippen molar-refractivity contribution in [2.75, 3.05) is 26.2 Å². The lowest BCUT2D eigenvalue weighted by Gasteiger charge is -2.33. The number of hydrogen-bond donors (Lipinski definition) is 0. The van der Waals surface area contributed by atoms with Crippen LogP contribution in [0, 0.1) is 10.1 Å². The molecule has 0 bridgehead atoms. The van der Waals surface area contributed by atoms with Crippen molar-refractivity contribution in [3.05, 3.63) is 63.4 Å². The van der Waals surface area contributed by atoms with Crippen LogP contribution in [0.3, 0.4) is 0 Å². The van der Waals surface area contributed by atoms with E-state index in [0.717, 1.165) is 5.56 Å². The first-order chi connectivity index (χ1) is 12.4. The Morgan fingerprint density at radius 3 is 2.46 bits per heavy atom. The summed E-state index contributed by atoms with van der Waals surface area (Å²) >= 11 is 6.06. The maximum absolute atomic E-state index is 12.8. The normalized spacial score (nSPS) is 16.5. The number of benzene rings is 1. The van der Waals surface area contributed by atoms with E-state index in [2.05, 4.69) is 9.88 Å². The molecule has 138 valence electrons. The van der Waals surface area contributed by atoms with Gasteiger partial charge in [0.2, 0.25) is 10.0 Å². The first-order valence-electron chi connectivity index (χ1n) is 7.95. The van der Waals surface area contributed by atoms with Gasteiger partial charge in [0.05, 0.1) is 4.92 Å². The molecule has 2 aromatic rings. The third kappa shape index (κ3) is 3.85. The number of sulfonamides is 1. The van der Waals surface area contributed by atoms with Crippen LogP contribution < -0.4 is 0 Å². The molecule has 0 radical (unpaired) electrons. The fourth-order valence-corrected chi connectivity index (χ4v) is 4.63. The van der Waals surface area contributed by atoms with E-state index in [0.29, 0.717) is 24.8 Å². The van der Waals surface area contributed by atoms with Crippen LogP contribution in [-0.4, -0.2) is 53.7 Å². The molecule has 0 saturated carbocycles. The van der Waals surface area contributed by atoms with E-state index in [4.69, 9.17) is 11.6 Å². The minimum Gasteiger partial charge on any atom is -0.296 e. The number of piperazine rings is 1. The smallest absolute Gasteiger partial charge is 0.289 e. The number of halogens is 1. The summed E-state index contributed by atoms with van der Waals surface area (Å²) in [7, 11) is -3.92. The first kappa shape index (κ1) is 18.7. The third-order valence-corrected chi connectivity index (χ3v) is 6.53. The summed E-state index contributed by atoms with van der Waals surface area (Å²) in [4.78, 5) is 16.3. The van der Waals surface area contributed by atoms with E-state index < -0.39 is 20.6 Å². The SMILES string of the molecule is O=[N+]([O-])c1ccccc1S(=O)(=O)N1CCN(Cc2cccnc2Cl)CC1. The Balaban J connectivity index is 1.72. The Kier molecular flexibility index (Phi) is 5.52. The monoisotopic (exact) mass is 396 g/mol. The van der Waals surface area contributed by atoms with Gasteiger partial charge in [-0.1, -0.05) is 29.8 Å². The molecule has 0 amide bonds. The standard InChI is InChI=1S/C16H17ClN4O4S/c17-16-13(4-3-7-18-16)12-19-8-10-20(11-9-19)26(24,25)15-6-2-1-5-14(15)21(22)23/h1-7H,8-12H2. The second kappa shape index (κ2) is 7.67. The molecule has 1 aliphatic rings. The number of aromatic nitrogens is 1. The lowest BCUT2D eigenvalue weighted by atomic mass is 10.2. The van der Waals surface area contributed by atoms with Crippen molar-refractivity contribution in [2.24, 2.45) is 0 Å². The Morgan fingerprint density at radius 1 is 1.12 bits per heavy atom. The van der Waals surface area contributed by atoms with Crippen LogP contribution in [0.1, 0.15) is 5.56 Å². The average molecular weight is 397 g/mol. The van der Waals surface area contributed by atoms with Gasteiger partial charge in [-0.25, -0.2) is 13.4 Å². The molecule has 1 aromatic heterocycles. The minimum atomic E-state index is -3.92. The molecule has 1 aromatic carbocycles. The van der Waals surface area contributed by atoms with Crippen LogP contribution in [0.25, 0.3) is 0 Å². The van der Waals surface area contributed by atoms with Crippen LogP contribution in [0.4, 0.5) is 5.69 Å². The van der Waals surface area contributed by atoms with Crippen LogP contribution >= 0.6 is 11.6 Å². The van der Waals surface area contributed by atoms with Crippen LogP contribution in [-0.2, 0) is 16.6 Å². The van der Waals surface area contributed by atoms with Gasteiger partial charge in [0.1, 0.15) is 5.15 Å². The van der Waals surface area contributed by atoms with Crippen molar-refractivity contribution in [1.82, 2.24) is 14.2 Å². The van der Waals surface area contributed by atoms with Crippen LogP contribution in [0.5, 0.6) is 0 Å². The Bertz CT molecular complexity index is 914. The van der Waals surface area contributed by atoms with Gasteiger partial charge in [-0.05, 0) is 12.1 Å². The molecule has 1 aliphatic heterocycles. The predicted octanol–water partition coefficient (Wildman–Crippen LogP) is 2.15. The van der Waals surface area contributed by atoms with Crippen molar-refractivity contribution in [2.45, 2.75) is 11.4 Å². The van der Waals surface area contributed by atoms with Gasteiger partial charge in [0.15, 0.2) is 4.90 Å². The topological polar surface area (TPSA) is 96.6 Å². The summed E-state index contributed by atoms with van der Waals surface area (Å²) in [6, 6.07) is 9.10. The van der Waals surface area contributed by atoms with E-state index in [-0.39, 0.29) is 18.0 Å². The highest BCUT2D eigenvalue weighted by Crippen LogP contribution is 2.27. The summed E-state index contributed by atoms with van der Waals surface area (Å²) in [5.41, 5.74) is 0.473. The number of nitrogens with zero attached hydrogens (tertiary/aromatic N) is 4. The lowest BCUT2D eigenvalue weighted by Crippen LogP contribution is -2.48.